The molecule has 0 amide bonds. The van der Waals surface area contributed by atoms with Crippen LogP contribution in [-0.2, 0) is 9.13 Å². The molecule has 0 saturated carbocycles. The van der Waals surface area contributed by atoms with Gasteiger partial charge in [0.1, 0.15) is 0 Å². The molecule has 0 spiro atoms. The first-order valence-electron chi connectivity index (χ1n) is 4.54. The average molecular weight is 296 g/mol. The number of hydrogen-bond donors (Lipinski definition) is 5. The van der Waals surface area contributed by atoms with Gasteiger partial charge in [-0.1, -0.05) is 0 Å². The van der Waals surface area contributed by atoms with Crippen molar-refractivity contribution < 1.29 is 33.8 Å². The maximum atomic E-state index is 11.0. The van der Waals surface area contributed by atoms with Gasteiger partial charge in [0, 0.05) is 0 Å². The van der Waals surface area contributed by atoms with E-state index in [1.54, 1.807) is 0 Å². The first-order chi connectivity index (χ1) is 6.71. The first kappa shape index (κ1) is 16.7. The zero-order chi connectivity index (χ0) is 13.4. The zero-order valence-electron chi connectivity index (χ0n) is 9.36. The maximum absolute atomic E-state index is 11.0. The van der Waals surface area contributed by atoms with Crippen LogP contribution in [0.25, 0.3) is 0 Å². The fourth-order valence-corrected chi connectivity index (χ4v) is 4.70. The standard InChI is InChI=1S/C6H19O7P3/c1-14(2,3)5-4-6(7,15(8,9)10)16(11,12)13/h7,14H,4-5H2,1-3H3,(H2,8,9,10)(H2,11,12,13). The van der Waals surface area contributed by atoms with E-state index in [0.29, 0.717) is 0 Å². The second-order valence-corrected chi connectivity index (χ2v) is 14.6. The fraction of sp³-hybridized carbons (Fsp3) is 1.00. The summed E-state index contributed by atoms with van der Waals surface area (Å²) in [4.78, 5) is 35.4. The third-order valence-corrected chi connectivity index (χ3v) is 7.77. The van der Waals surface area contributed by atoms with Crippen LogP contribution >= 0.6 is 22.5 Å². The Morgan fingerprint density at radius 2 is 1.31 bits per heavy atom. The zero-order valence-corrected chi connectivity index (χ0v) is 12.2. The molecule has 100 valence electrons. The summed E-state index contributed by atoms with van der Waals surface area (Å²) in [7, 11) is -12.3. The fourth-order valence-electron chi connectivity index (χ4n) is 1.00. The minimum atomic E-state index is -5.28. The predicted molar refractivity (Wildman–Crippen MR) is 64.6 cm³/mol. The summed E-state index contributed by atoms with van der Waals surface area (Å²) in [5.74, 6) is 0. The predicted octanol–water partition coefficient (Wildman–Crippen LogP) is 0.0173. The molecule has 0 aromatic rings. The van der Waals surface area contributed by atoms with Crippen LogP contribution in [-0.4, -0.2) is 55.9 Å². The van der Waals surface area contributed by atoms with Crippen molar-refractivity contribution in [3.05, 3.63) is 0 Å². The van der Waals surface area contributed by atoms with Gasteiger partial charge in [-0.15, -0.1) is 0 Å². The molecule has 0 unspecified atom stereocenters. The van der Waals surface area contributed by atoms with Crippen molar-refractivity contribution in [1.82, 2.24) is 0 Å². The van der Waals surface area contributed by atoms with Gasteiger partial charge in [-0.05, 0) is 0 Å². The molecule has 0 radical (unpaired) electrons. The van der Waals surface area contributed by atoms with Gasteiger partial charge in [-0.2, -0.15) is 0 Å². The topological polar surface area (TPSA) is 135 Å². The summed E-state index contributed by atoms with van der Waals surface area (Å²) in [6, 6.07) is 0. The van der Waals surface area contributed by atoms with Crippen molar-refractivity contribution in [2.45, 2.75) is 11.5 Å². The SMILES string of the molecule is C[PH](C)(C)CCC(O)(P(=O)(O)O)P(=O)(O)O. The summed E-state index contributed by atoms with van der Waals surface area (Å²) < 4.78 is 22.0. The third-order valence-electron chi connectivity index (χ3n) is 2.14. The quantitative estimate of drug-likeness (QED) is 0.451. The second-order valence-electron chi connectivity index (χ2n) is 4.92. The van der Waals surface area contributed by atoms with Crippen molar-refractivity contribution >= 4 is 22.5 Å². The summed E-state index contributed by atoms with van der Waals surface area (Å²) in [5.41, 5.74) is 0. The van der Waals surface area contributed by atoms with E-state index in [2.05, 4.69) is 0 Å². The van der Waals surface area contributed by atoms with Crippen LogP contribution in [0, 0.1) is 0 Å². The van der Waals surface area contributed by atoms with Crippen LogP contribution in [0.15, 0.2) is 0 Å². The Balaban J connectivity index is 5.16. The van der Waals surface area contributed by atoms with Crippen LogP contribution in [0.1, 0.15) is 6.42 Å². The molecule has 0 aromatic carbocycles. The molecule has 0 rings (SSSR count). The van der Waals surface area contributed by atoms with Gasteiger partial charge in [-0.3, -0.25) is 0 Å². The van der Waals surface area contributed by atoms with Crippen molar-refractivity contribution in [1.29, 1.82) is 0 Å². The Kier molecular flexibility index (Phi) is 4.96. The molecule has 0 aliphatic heterocycles. The molecule has 0 aromatic heterocycles. The second kappa shape index (κ2) is 4.75. The Morgan fingerprint density at radius 1 is 1.00 bits per heavy atom. The number of aliphatic hydroxyl groups is 1. The summed E-state index contributed by atoms with van der Waals surface area (Å²) in [6.07, 6.45) is -0.392. The summed E-state index contributed by atoms with van der Waals surface area (Å²) >= 11 is 0. The van der Waals surface area contributed by atoms with E-state index in [4.69, 9.17) is 19.6 Å². The van der Waals surface area contributed by atoms with Gasteiger partial charge in [-0.25, -0.2) is 0 Å². The molecule has 5 N–H and O–H groups in total. The summed E-state index contributed by atoms with van der Waals surface area (Å²) in [6.45, 7) is 5.60. The van der Waals surface area contributed by atoms with Crippen LogP contribution < -0.4 is 0 Å². The normalized spacial score (nSPS) is 16.2. The molecule has 0 bridgehead atoms. The Labute approximate surface area is 94.5 Å². The van der Waals surface area contributed by atoms with Crippen LogP contribution in [0.3, 0.4) is 0 Å². The van der Waals surface area contributed by atoms with Crippen molar-refractivity contribution in [2.24, 2.45) is 0 Å². The van der Waals surface area contributed by atoms with Crippen LogP contribution in [0.2, 0.25) is 0 Å². The van der Waals surface area contributed by atoms with E-state index >= 15 is 0 Å². The Morgan fingerprint density at radius 3 is 1.50 bits per heavy atom. The van der Waals surface area contributed by atoms with Crippen LogP contribution in [0.4, 0.5) is 0 Å². The molecular formula is C6H19O7P3. The van der Waals surface area contributed by atoms with Gasteiger partial charge >= 0.3 is 93.9 Å². The van der Waals surface area contributed by atoms with E-state index in [1.807, 2.05) is 20.0 Å². The monoisotopic (exact) mass is 296 g/mol. The molecule has 10 heteroatoms. The van der Waals surface area contributed by atoms with Gasteiger partial charge < -0.3 is 0 Å². The van der Waals surface area contributed by atoms with Crippen molar-refractivity contribution in [3.63, 3.8) is 0 Å². The van der Waals surface area contributed by atoms with Gasteiger partial charge in [0.05, 0.1) is 0 Å². The van der Waals surface area contributed by atoms with Gasteiger partial charge in [0.25, 0.3) is 0 Å². The van der Waals surface area contributed by atoms with Crippen molar-refractivity contribution in [3.8, 4) is 0 Å². The van der Waals surface area contributed by atoms with E-state index in [9.17, 15) is 14.2 Å². The third kappa shape index (κ3) is 4.17. The summed E-state index contributed by atoms with van der Waals surface area (Å²) in [5, 5.41) is 6.29. The Bertz CT molecular complexity index is 313. The first-order valence-corrected chi connectivity index (χ1v) is 11.5. The van der Waals surface area contributed by atoms with Crippen molar-refractivity contribution in [2.75, 3.05) is 26.2 Å². The number of hydrogen-bond acceptors (Lipinski definition) is 3. The van der Waals surface area contributed by atoms with E-state index in [-0.39, 0.29) is 6.16 Å². The van der Waals surface area contributed by atoms with E-state index < -0.39 is 34.0 Å². The molecule has 0 aliphatic carbocycles. The average Bonchev–Trinajstić information content (AvgIpc) is 1.93. The number of rotatable bonds is 5. The molecule has 16 heavy (non-hydrogen) atoms. The van der Waals surface area contributed by atoms with Crippen LogP contribution in [0.5, 0.6) is 0 Å². The molecule has 0 atom stereocenters. The van der Waals surface area contributed by atoms with E-state index in [0.717, 1.165) is 0 Å². The Hall–Kier alpha value is 0.690. The molecule has 0 aliphatic rings. The molecule has 7 nitrogen and oxygen atoms in total. The molecule has 0 fully saturated rings. The minimum absolute atomic E-state index is 0.208. The molecule has 0 heterocycles. The molecular weight excluding hydrogens is 277 g/mol. The van der Waals surface area contributed by atoms with E-state index in [1.165, 1.54) is 0 Å². The van der Waals surface area contributed by atoms with Gasteiger partial charge in [0.2, 0.25) is 0 Å². The van der Waals surface area contributed by atoms with Gasteiger partial charge in [0.15, 0.2) is 0 Å². The molecule has 0 saturated heterocycles.